The molecule has 0 saturated heterocycles. The van der Waals surface area contributed by atoms with E-state index in [1.54, 1.807) is 10.7 Å². The lowest BCUT2D eigenvalue weighted by Crippen LogP contribution is -2.15. The van der Waals surface area contributed by atoms with Gasteiger partial charge in [-0.25, -0.2) is 4.98 Å². The van der Waals surface area contributed by atoms with Crippen molar-refractivity contribution in [3.8, 4) is 11.3 Å². The summed E-state index contributed by atoms with van der Waals surface area (Å²) in [6, 6.07) is 19.5. The molecule has 1 unspecified atom stereocenters. The second-order valence-electron chi connectivity index (χ2n) is 6.35. The van der Waals surface area contributed by atoms with E-state index in [1.165, 1.54) is 0 Å². The topological polar surface area (TPSA) is 62.5 Å². The van der Waals surface area contributed by atoms with Gasteiger partial charge in [0.05, 0.1) is 22.4 Å². The summed E-state index contributed by atoms with van der Waals surface area (Å²) in [6.45, 7) is 0.0704. The third kappa shape index (κ3) is 3.76. The monoisotopic (exact) mass is 456 g/mol. The Bertz CT molecular complexity index is 1100. The first-order valence-electron chi connectivity index (χ1n) is 8.89. The highest BCUT2D eigenvalue weighted by Crippen LogP contribution is 2.32. The van der Waals surface area contributed by atoms with Crippen LogP contribution in [-0.2, 0) is 0 Å². The first-order chi connectivity index (χ1) is 13.7. The van der Waals surface area contributed by atoms with Crippen molar-refractivity contribution >= 4 is 39.0 Å². The average molecular weight is 458 g/mol. The Morgan fingerprint density at radius 1 is 1.11 bits per heavy atom. The quantitative estimate of drug-likeness (QED) is 0.410. The Labute approximate surface area is 176 Å². The molecule has 0 aliphatic carbocycles. The highest BCUT2D eigenvalue weighted by Gasteiger charge is 2.17. The van der Waals surface area contributed by atoms with Crippen molar-refractivity contribution in [2.75, 3.05) is 11.9 Å². The van der Waals surface area contributed by atoms with Crippen LogP contribution in [0.2, 0.25) is 5.02 Å². The number of rotatable bonds is 6. The molecule has 2 N–H and O–H groups in total. The van der Waals surface area contributed by atoms with E-state index < -0.39 is 0 Å². The van der Waals surface area contributed by atoms with E-state index >= 15 is 0 Å². The molecule has 28 heavy (non-hydrogen) atoms. The van der Waals surface area contributed by atoms with Crippen LogP contribution in [0.3, 0.4) is 0 Å². The number of nitrogens with zero attached hydrogens (tertiary/aromatic N) is 3. The molecule has 0 radical (unpaired) electrons. The Morgan fingerprint density at radius 2 is 1.86 bits per heavy atom. The predicted molar refractivity (Wildman–Crippen MR) is 116 cm³/mol. The van der Waals surface area contributed by atoms with Gasteiger partial charge in [0.2, 0.25) is 0 Å². The molecule has 4 rings (SSSR count). The molecule has 7 heteroatoms. The second kappa shape index (κ2) is 8.31. The molecule has 5 nitrogen and oxygen atoms in total. The lowest BCUT2D eigenvalue weighted by molar-refractivity contribution is 0.280. The standard InChI is InChI=1S/C21H18BrClN4O/c22-16-13-24-27-20(25-18(10-11-28)14-6-2-1-3-7-14)12-19(26-21(16)27)15-8-4-5-9-17(15)23/h1-9,12-13,18,25,28H,10-11H2. The van der Waals surface area contributed by atoms with Crippen LogP contribution in [0.25, 0.3) is 16.9 Å². The van der Waals surface area contributed by atoms with Gasteiger partial charge in [0.15, 0.2) is 5.65 Å². The van der Waals surface area contributed by atoms with Gasteiger partial charge >= 0.3 is 0 Å². The maximum absolute atomic E-state index is 9.56. The number of anilines is 1. The van der Waals surface area contributed by atoms with Crippen molar-refractivity contribution in [3.63, 3.8) is 0 Å². The number of aromatic nitrogens is 3. The van der Waals surface area contributed by atoms with Crippen LogP contribution in [0.15, 0.2) is 71.3 Å². The number of aliphatic hydroxyl groups excluding tert-OH is 1. The largest absolute Gasteiger partial charge is 0.396 e. The number of benzene rings is 2. The van der Waals surface area contributed by atoms with Crippen LogP contribution in [0.1, 0.15) is 18.0 Å². The zero-order chi connectivity index (χ0) is 19.5. The van der Waals surface area contributed by atoms with Gasteiger partial charge in [-0.3, -0.25) is 0 Å². The third-order valence-electron chi connectivity index (χ3n) is 4.52. The summed E-state index contributed by atoms with van der Waals surface area (Å²) in [6.07, 6.45) is 2.28. The van der Waals surface area contributed by atoms with Crippen molar-refractivity contribution in [1.82, 2.24) is 14.6 Å². The van der Waals surface area contributed by atoms with Gasteiger partial charge in [-0.1, -0.05) is 60.1 Å². The summed E-state index contributed by atoms with van der Waals surface area (Å²) < 4.78 is 2.54. The Hall–Kier alpha value is -2.41. The molecule has 0 aliphatic heterocycles. The average Bonchev–Trinajstić information content (AvgIpc) is 3.10. The zero-order valence-corrected chi connectivity index (χ0v) is 17.2. The van der Waals surface area contributed by atoms with E-state index in [4.69, 9.17) is 16.6 Å². The second-order valence-corrected chi connectivity index (χ2v) is 7.62. The molecule has 0 saturated carbocycles. The van der Waals surface area contributed by atoms with Crippen molar-refractivity contribution < 1.29 is 5.11 Å². The van der Waals surface area contributed by atoms with Crippen molar-refractivity contribution in [2.24, 2.45) is 0 Å². The van der Waals surface area contributed by atoms with Gasteiger partial charge in [0.25, 0.3) is 0 Å². The Balaban J connectivity index is 1.82. The highest BCUT2D eigenvalue weighted by molar-refractivity contribution is 9.10. The molecular weight excluding hydrogens is 440 g/mol. The Kier molecular flexibility index (Phi) is 5.62. The van der Waals surface area contributed by atoms with Crippen LogP contribution in [0.4, 0.5) is 5.82 Å². The molecule has 0 aliphatic rings. The van der Waals surface area contributed by atoms with Gasteiger partial charge in [0.1, 0.15) is 5.82 Å². The molecular formula is C21H18BrClN4O. The van der Waals surface area contributed by atoms with Crippen molar-refractivity contribution in [2.45, 2.75) is 12.5 Å². The number of halogens is 2. The van der Waals surface area contributed by atoms with E-state index in [2.05, 4.69) is 26.3 Å². The third-order valence-corrected chi connectivity index (χ3v) is 5.41. The van der Waals surface area contributed by atoms with Crippen molar-refractivity contribution in [3.05, 3.63) is 81.9 Å². The lowest BCUT2D eigenvalue weighted by atomic mass is 10.0. The molecule has 2 heterocycles. The minimum atomic E-state index is -0.0705. The summed E-state index contributed by atoms with van der Waals surface area (Å²) in [4.78, 5) is 4.73. The first kappa shape index (κ1) is 18.9. The Morgan fingerprint density at radius 3 is 2.61 bits per heavy atom. The zero-order valence-electron chi connectivity index (χ0n) is 14.9. The smallest absolute Gasteiger partial charge is 0.172 e. The predicted octanol–water partition coefficient (Wildman–Crippen LogP) is 5.35. The number of hydrogen-bond donors (Lipinski definition) is 2. The fourth-order valence-corrected chi connectivity index (χ4v) is 3.74. The minimum Gasteiger partial charge on any atom is -0.396 e. The maximum Gasteiger partial charge on any atom is 0.172 e. The molecule has 1 atom stereocenters. The van der Waals surface area contributed by atoms with E-state index in [0.717, 1.165) is 27.1 Å². The molecule has 0 amide bonds. The molecule has 2 aromatic carbocycles. The normalized spacial score (nSPS) is 12.2. The number of nitrogens with one attached hydrogen (secondary N) is 1. The van der Waals surface area contributed by atoms with E-state index in [1.807, 2.05) is 60.7 Å². The molecule has 0 fully saturated rings. The van der Waals surface area contributed by atoms with Crippen molar-refractivity contribution in [1.29, 1.82) is 0 Å². The fraction of sp³-hybridized carbons (Fsp3) is 0.143. The SMILES string of the molecule is OCCC(Nc1cc(-c2ccccc2Cl)nc2c(Br)cnn12)c1ccccc1. The number of hydrogen-bond acceptors (Lipinski definition) is 4. The molecule has 0 spiro atoms. The van der Waals surface area contributed by atoms with Gasteiger partial charge in [0, 0.05) is 23.3 Å². The lowest BCUT2D eigenvalue weighted by Gasteiger charge is -2.20. The van der Waals surface area contributed by atoms with Crippen LogP contribution in [0, 0.1) is 0 Å². The van der Waals surface area contributed by atoms with E-state index in [0.29, 0.717) is 17.1 Å². The van der Waals surface area contributed by atoms with E-state index in [-0.39, 0.29) is 12.6 Å². The highest BCUT2D eigenvalue weighted by atomic mass is 79.9. The van der Waals surface area contributed by atoms with Crippen LogP contribution >= 0.6 is 27.5 Å². The maximum atomic E-state index is 9.56. The van der Waals surface area contributed by atoms with Gasteiger partial charge < -0.3 is 10.4 Å². The van der Waals surface area contributed by atoms with E-state index in [9.17, 15) is 5.11 Å². The molecule has 142 valence electrons. The van der Waals surface area contributed by atoms with Crippen LogP contribution in [0.5, 0.6) is 0 Å². The first-order valence-corrected chi connectivity index (χ1v) is 10.1. The summed E-state index contributed by atoms with van der Waals surface area (Å²) in [5.74, 6) is 0.771. The minimum absolute atomic E-state index is 0.0704. The summed E-state index contributed by atoms with van der Waals surface area (Å²) in [7, 11) is 0. The molecule has 2 aromatic heterocycles. The molecule has 0 bridgehead atoms. The van der Waals surface area contributed by atoms with Gasteiger partial charge in [-0.05, 0) is 34.0 Å². The molecule has 4 aromatic rings. The van der Waals surface area contributed by atoms with Gasteiger partial charge in [-0.15, -0.1) is 0 Å². The summed E-state index contributed by atoms with van der Waals surface area (Å²) >= 11 is 9.92. The van der Waals surface area contributed by atoms with Crippen LogP contribution in [-0.4, -0.2) is 26.3 Å². The fourth-order valence-electron chi connectivity index (χ4n) is 3.16. The number of aliphatic hydroxyl groups is 1. The number of fused-ring (bicyclic) bond motifs is 1. The summed E-state index contributed by atoms with van der Waals surface area (Å²) in [5, 5.41) is 18.1. The van der Waals surface area contributed by atoms with Crippen LogP contribution < -0.4 is 5.32 Å². The van der Waals surface area contributed by atoms with Gasteiger partial charge in [-0.2, -0.15) is 9.61 Å². The summed E-state index contributed by atoms with van der Waals surface area (Å²) in [5.41, 5.74) is 3.38.